The van der Waals surface area contributed by atoms with Crippen LogP contribution in [0, 0.1) is 0 Å². The number of amides is 1. The normalized spacial score (nSPS) is 19.5. The molecule has 1 amide bonds. The Morgan fingerprint density at radius 2 is 2.06 bits per heavy atom. The SMILES string of the molecule is CCCC1(O)CN(S(=O)(=O)NC(=O)OCC)C1. The molecular weight excluding hydrogens is 248 g/mol. The third-order valence-electron chi connectivity index (χ3n) is 2.48. The highest BCUT2D eigenvalue weighted by Crippen LogP contribution is 2.27. The number of nitrogens with one attached hydrogen (secondary N) is 1. The number of carbonyl (C=O) groups is 1. The second kappa shape index (κ2) is 5.19. The molecule has 0 aromatic heterocycles. The Balaban J connectivity index is 2.50. The van der Waals surface area contributed by atoms with Crippen molar-refractivity contribution in [2.24, 2.45) is 0 Å². The van der Waals surface area contributed by atoms with Gasteiger partial charge < -0.3 is 9.84 Å². The van der Waals surface area contributed by atoms with Crippen LogP contribution in [-0.2, 0) is 14.9 Å². The van der Waals surface area contributed by atoms with Gasteiger partial charge in [0.25, 0.3) is 0 Å². The molecule has 0 spiro atoms. The molecule has 0 unspecified atom stereocenters. The molecule has 7 nitrogen and oxygen atoms in total. The van der Waals surface area contributed by atoms with Gasteiger partial charge in [0.05, 0.1) is 12.2 Å². The summed E-state index contributed by atoms with van der Waals surface area (Å²) in [4.78, 5) is 11.0. The molecule has 0 bridgehead atoms. The lowest BCUT2D eigenvalue weighted by atomic mass is 9.92. The van der Waals surface area contributed by atoms with Gasteiger partial charge in [-0.25, -0.2) is 9.52 Å². The van der Waals surface area contributed by atoms with E-state index in [1.807, 2.05) is 6.92 Å². The van der Waals surface area contributed by atoms with E-state index in [2.05, 4.69) is 4.74 Å². The Labute approximate surface area is 101 Å². The average molecular weight is 266 g/mol. The van der Waals surface area contributed by atoms with Crippen LogP contribution in [0.1, 0.15) is 26.7 Å². The summed E-state index contributed by atoms with van der Waals surface area (Å²) < 4.78 is 30.4. The monoisotopic (exact) mass is 266 g/mol. The topological polar surface area (TPSA) is 95.9 Å². The van der Waals surface area contributed by atoms with E-state index < -0.39 is 21.9 Å². The van der Waals surface area contributed by atoms with E-state index in [4.69, 9.17) is 0 Å². The van der Waals surface area contributed by atoms with Gasteiger partial charge in [-0.2, -0.15) is 12.7 Å². The van der Waals surface area contributed by atoms with Crippen LogP contribution in [0.2, 0.25) is 0 Å². The van der Waals surface area contributed by atoms with E-state index in [1.165, 1.54) is 0 Å². The first kappa shape index (κ1) is 14.2. The van der Waals surface area contributed by atoms with Crippen molar-refractivity contribution in [3.63, 3.8) is 0 Å². The quantitative estimate of drug-likeness (QED) is 0.720. The van der Waals surface area contributed by atoms with E-state index in [0.717, 1.165) is 10.7 Å². The van der Waals surface area contributed by atoms with Crippen molar-refractivity contribution in [2.75, 3.05) is 19.7 Å². The van der Waals surface area contributed by atoms with E-state index in [-0.39, 0.29) is 19.7 Å². The van der Waals surface area contributed by atoms with Crippen molar-refractivity contribution in [1.29, 1.82) is 0 Å². The van der Waals surface area contributed by atoms with Gasteiger partial charge in [0.15, 0.2) is 0 Å². The molecule has 0 radical (unpaired) electrons. The number of nitrogens with zero attached hydrogens (tertiary/aromatic N) is 1. The number of carbonyl (C=O) groups excluding carboxylic acids is 1. The molecule has 1 fully saturated rings. The maximum Gasteiger partial charge on any atom is 0.421 e. The third-order valence-corrected chi connectivity index (χ3v) is 3.85. The molecule has 1 rings (SSSR count). The summed E-state index contributed by atoms with van der Waals surface area (Å²) in [6.07, 6.45) is 0.312. The number of hydrogen-bond donors (Lipinski definition) is 2. The number of β-amino-alcohol motifs (C(OH)–C–C–N with tert-alkyl or cyclic N) is 1. The lowest BCUT2D eigenvalue weighted by molar-refractivity contribution is -0.0657. The van der Waals surface area contributed by atoms with Gasteiger partial charge in [0.2, 0.25) is 0 Å². The summed E-state index contributed by atoms with van der Waals surface area (Å²) in [6, 6.07) is 0. The van der Waals surface area contributed by atoms with Gasteiger partial charge in [0.1, 0.15) is 0 Å². The standard InChI is InChI=1S/C9H18N2O5S/c1-3-5-9(13)6-11(7-9)17(14,15)10-8(12)16-4-2/h13H,3-7H2,1-2H3,(H,10,12). The molecule has 0 aliphatic carbocycles. The average Bonchev–Trinajstić information content (AvgIpc) is 2.13. The zero-order valence-corrected chi connectivity index (χ0v) is 10.8. The molecule has 0 atom stereocenters. The molecular formula is C9H18N2O5S. The first-order valence-corrected chi connectivity index (χ1v) is 6.94. The second-order valence-corrected chi connectivity index (χ2v) is 5.74. The summed E-state index contributed by atoms with van der Waals surface area (Å²) >= 11 is 0. The van der Waals surface area contributed by atoms with Crippen LogP contribution in [0.15, 0.2) is 0 Å². The highest BCUT2D eigenvalue weighted by atomic mass is 32.2. The Bertz CT molecular complexity index is 375. The Kier molecular flexibility index (Phi) is 4.34. The van der Waals surface area contributed by atoms with Gasteiger partial charge in [-0.15, -0.1) is 0 Å². The smallest absolute Gasteiger partial charge is 0.421 e. The number of hydrogen-bond acceptors (Lipinski definition) is 5. The summed E-state index contributed by atoms with van der Waals surface area (Å²) in [7, 11) is -3.89. The molecule has 17 heavy (non-hydrogen) atoms. The molecule has 0 aromatic carbocycles. The van der Waals surface area contributed by atoms with Gasteiger partial charge in [-0.05, 0) is 13.3 Å². The third kappa shape index (κ3) is 3.55. The van der Waals surface area contributed by atoms with E-state index >= 15 is 0 Å². The molecule has 1 saturated heterocycles. The summed E-state index contributed by atoms with van der Waals surface area (Å²) in [6.45, 7) is 3.61. The number of ether oxygens (including phenoxy) is 1. The highest BCUT2D eigenvalue weighted by Gasteiger charge is 2.46. The Hall–Kier alpha value is -0.860. The van der Waals surface area contributed by atoms with Crippen LogP contribution in [0.3, 0.4) is 0 Å². The second-order valence-electron chi connectivity index (χ2n) is 4.07. The van der Waals surface area contributed by atoms with Crippen LogP contribution in [-0.4, -0.2) is 49.2 Å². The van der Waals surface area contributed by atoms with Crippen LogP contribution in [0.4, 0.5) is 4.79 Å². The van der Waals surface area contributed by atoms with Gasteiger partial charge >= 0.3 is 16.3 Å². The Morgan fingerprint density at radius 3 is 2.53 bits per heavy atom. The van der Waals surface area contributed by atoms with Crippen LogP contribution < -0.4 is 4.72 Å². The fourth-order valence-electron chi connectivity index (χ4n) is 1.73. The van der Waals surface area contributed by atoms with Gasteiger partial charge in [0, 0.05) is 13.1 Å². The molecule has 2 N–H and O–H groups in total. The lowest BCUT2D eigenvalue weighted by Gasteiger charge is -2.44. The summed E-state index contributed by atoms with van der Waals surface area (Å²) in [5.41, 5.74) is -0.960. The van der Waals surface area contributed by atoms with Crippen molar-refractivity contribution in [2.45, 2.75) is 32.3 Å². The fourth-order valence-corrected chi connectivity index (χ4v) is 2.95. The predicted octanol–water partition coefficient (Wildman–Crippen LogP) is -0.176. The number of rotatable bonds is 5. The molecule has 1 aliphatic heterocycles. The van der Waals surface area contributed by atoms with Crippen LogP contribution in [0.25, 0.3) is 0 Å². The van der Waals surface area contributed by atoms with Crippen molar-refractivity contribution >= 4 is 16.3 Å². The van der Waals surface area contributed by atoms with Crippen molar-refractivity contribution in [3.8, 4) is 0 Å². The van der Waals surface area contributed by atoms with E-state index in [1.54, 1.807) is 11.6 Å². The van der Waals surface area contributed by atoms with Crippen molar-refractivity contribution in [1.82, 2.24) is 9.03 Å². The molecule has 1 aliphatic rings. The van der Waals surface area contributed by atoms with Gasteiger partial charge in [-0.1, -0.05) is 13.3 Å². The minimum atomic E-state index is -3.89. The first-order valence-electron chi connectivity index (χ1n) is 5.50. The van der Waals surface area contributed by atoms with Crippen LogP contribution in [0.5, 0.6) is 0 Å². The van der Waals surface area contributed by atoms with Crippen LogP contribution >= 0.6 is 0 Å². The predicted molar refractivity (Wildman–Crippen MR) is 60.5 cm³/mol. The molecule has 1 heterocycles. The first-order chi connectivity index (χ1) is 7.83. The van der Waals surface area contributed by atoms with Crippen molar-refractivity contribution in [3.05, 3.63) is 0 Å². The zero-order valence-electron chi connectivity index (χ0n) is 9.97. The summed E-state index contributed by atoms with van der Waals surface area (Å²) in [5, 5.41) is 9.83. The summed E-state index contributed by atoms with van der Waals surface area (Å²) in [5.74, 6) is 0. The van der Waals surface area contributed by atoms with E-state index in [9.17, 15) is 18.3 Å². The Morgan fingerprint density at radius 1 is 1.47 bits per heavy atom. The van der Waals surface area contributed by atoms with Gasteiger partial charge in [-0.3, -0.25) is 0 Å². The molecule has 0 aromatic rings. The number of aliphatic hydroxyl groups is 1. The maximum atomic E-state index is 11.6. The molecule has 0 saturated carbocycles. The minimum Gasteiger partial charge on any atom is -0.449 e. The fraction of sp³-hybridized carbons (Fsp3) is 0.889. The van der Waals surface area contributed by atoms with E-state index in [0.29, 0.717) is 6.42 Å². The lowest BCUT2D eigenvalue weighted by Crippen LogP contribution is -2.65. The molecule has 100 valence electrons. The molecule has 8 heteroatoms. The largest absolute Gasteiger partial charge is 0.449 e. The maximum absolute atomic E-state index is 11.6. The minimum absolute atomic E-state index is 0.00950. The highest BCUT2D eigenvalue weighted by molar-refractivity contribution is 7.87. The zero-order chi connectivity index (χ0) is 13.1. The van der Waals surface area contributed by atoms with Crippen molar-refractivity contribution < 1.29 is 23.1 Å².